The van der Waals surface area contributed by atoms with Crippen LogP contribution in [0.25, 0.3) is 0 Å². The molecule has 0 amide bonds. The minimum absolute atomic E-state index is 0.139. The van der Waals surface area contributed by atoms with Crippen LogP contribution in [0.3, 0.4) is 0 Å². The van der Waals surface area contributed by atoms with Gasteiger partial charge in [0.05, 0.1) is 6.54 Å². The van der Waals surface area contributed by atoms with E-state index in [4.69, 9.17) is 17.2 Å². The molecule has 0 radical (unpaired) electrons. The van der Waals surface area contributed by atoms with E-state index in [1.807, 2.05) is 18.2 Å². The van der Waals surface area contributed by atoms with Gasteiger partial charge in [0, 0.05) is 19.6 Å². The molecule has 0 saturated heterocycles. The van der Waals surface area contributed by atoms with Crippen molar-refractivity contribution in [2.24, 2.45) is 5.73 Å². The Bertz CT molecular complexity index is 523. The first kappa shape index (κ1) is 14.2. The lowest BCUT2D eigenvalue weighted by Crippen LogP contribution is -2.29. The van der Waals surface area contributed by atoms with Crippen LogP contribution >= 0.6 is 0 Å². The molecule has 0 saturated carbocycles. The van der Waals surface area contributed by atoms with Crippen molar-refractivity contribution in [3.05, 3.63) is 41.7 Å². The Hall–Kier alpha value is -2.25. The van der Waals surface area contributed by atoms with Crippen molar-refractivity contribution in [1.29, 1.82) is 0 Å². The second-order valence-electron chi connectivity index (χ2n) is 4.45. The van der Waals surface area contributed by atoms with Gasteiger partial charge in [0.1, 0.15) is 5.82 Å². The highest BCUT2D eigenvalue weighted by molar-refractivity contribution is 5.25. The first-order valence-corrected chi connectivity index (χ1v) is 6.39. The van der Waals surface area contributed by atoms with Crippen molar-refractivity contribution in [3.8, 4) is 0 Å². The molecule has 106 valence electrons. The van der Waals surface area contributed by atoms with Gasteiger partial charge in [-0.3, -0.25) is 4.90 Å². The summed E-state index contributed by atoms with van der Waals surface area (Å²) in [6, 6.07) is 10.1. The van der Waals surface area contributed by atoms with Gasteiger partial charge in [-0.15, -0.1) is 0 Å². The van der Waals surface area contributed by atoms with Crippen LogP contribution in [0.15, 0.2) is 30.3 Å². The van der Waals surface area contributed by atoms with E-state index in [-0.39, 0.29) is 11.9 Å². The minimum Gasteiger partial charge on any atom is -0.368 e. The smallest absolute Gasteiger partial charge is 0.225 e. The maximum atomic E-state index is 5.65. The molecule has 0 spiro atoms. The molecule has 1 aromatic carbocycles. The predicted octanol–water partition coefficient (Wildman–Crippen LogP) is -0.00310. The summed E-state index contributed by atoms with van der Waals surface area (Å²) in [7, 11) is 0. The quantitative estimate of drug-likeness (QED) is 0.677. The van der Waals surface area contributed by atoms with E-state index in [1.165, 1.54) is 5.56 Å². The molecule has 0 bridgehead atoms. The Morgan fingerprint density at radius 2 is 1.55 bits per heavy atom. The highest BCUT2D eigenvalue weighted by atomic mass is 15.2. The number of aromatic nitrogens is 3. The molecule has 0 aliphatic heterocycles. The molecule has 7 nitrogen and oxygen atoms in total. The zero-order valence-electron chi connectivity index (χ0n) is 11.2. The van der Waals surface area contributed by atoms with Crippen molar-refractivity contribution in [2.45, 2.75) is 13.1 Å². The summed E-state index contributed by atoms with van der Waals surface area (Å²) in [6.45, 7) is 2.59. The van der Waals surface area contributed by atoms with Crippen molar-refractivity contribution >= 4 is 11.9 Å². The minimum atomic E-state index is 0.139. The number of nitrogens with two attached hydrogens (primary N) is 3. The van der Waals surface area contributed by atoms with E-state index < -0.39 is 0 Å². The van der Waals surface area contributed by atoms with Crippen LogP contribution in [0.1, 0.15) is 11.4 Å². The Labute approximate surface area is 117 Å². The third-order valence-electron chi connectivity index (χ3n) is 2.78. The molecule has 0 fully saturated rings. The topological polar surface area (TPSA) is 120 Å². The fourth-order valence-corrected chi connectivity index (χ4v) is 1.97. The van der Waals surface area contributed by atoms with E-state index in [0.717, 1.165) is 13.1 Å². The second-order valence-corrected chi connectivity index (χ2v) is 4.45. The summed E-state index contributed by atoms with van der Waals surface area (Å²) in [6.07, 6.45) is 0. The first-order chi connectivity index (χ1) is 9.67. The third kappa shape index (κ3) is 4.15. The van der Waals surface area contributed by atoms with Crippen LogP contribution in [-0.2, 0) is 13.1 Å². The van der Waals surface area contributed by atoms with Crippen molar-refractivity contribution < 1.29 is 0 Å². The highest BCUT2D eigenvalue weighted by Gasteiger charge is 2.10. The number of anilines is 2. The summed E-state index contributed by atoms with van der Waals surface area (Å²) in [5, 5.41) is 0. The summed E-state index contributed by atoms with van der Waals surface area (Å²) in [4.78, 5) is 14.1. The fraction of sp³-hybridized carbons (Fsp3) is 0.308. The Kier molecular flexibility index (Phi) is 4.80. The Morgan fingerprint density at radius 3 is 2.15 bits per heavy atom. The monoisotopic (exact) mass is 273 g/mol. The van der Waals surface area contributed by atoms with Gasteiger partial charge in [0.15, 0.2) is 0 Å². The SMILES string of the molecule is NCCN(Cc1ccccc1)Cc1nc(N)nc(N)n1. The molecule has 2 aromatic rings. The van der Waals surface area contributed by atoms with Crippen LogP contribution in [-0.4, -0.2) is 32.9 Å². The Balaban J connectivity index is 2.08. The molecule has 7 heteroatoms. The van der Waals surface area contributed by atoms with E-state index in [2.05, 4.69) is 32.0 Å². The van der Waals surface area contributed by atoms with Crippen LogP contribution in [0, 0.1) is 0 Å². The molecule has 1 aromatic heterocycles. The molecule has 0 atom stereocenters. The number of rotatable bonds is 6. The molecule has 2 rings (SSSR count). The molecule has 20 heavy (non-hydrogen) atoms. The fourth-order valence-electron chi connectivity index (χ4n) is 1.97. The maximum Gasteiger partial charge on any atom is 0.225 e. The number of hydrogen-bond acceptors (Lipinski definition) is 7. The third-order valence-corrected chi connectivity index (χ3v) is 2.78. The molecular weight excluding hydrogens is 254 g/mol. The van der Waals surface area contributed by atoms with Gasteiger partial charge in [-0.1, -0.05) is 30.3 Å². The van der Waals surface area contributed by atoms with Crippen molar-refractivity contribution in [2.75, 3.05) is 24.6 Å². The molecule has 0 aliphatic carbocycles. The number of hydrogen-bond donors (Lipinski definition) is 3. The Morgan fingerprint density at radius 1 is 0.900 bits per heavy atom. The van der Waals surface area contributed by atoms with Crippen LogP contribution in [0.2, 0.25) is 0 Å². The van der Waals surface area contributed by atoms with Crippen LogP contribution in [0.5, 0.6) is 0 Å². The highest BCUT2D eigenvalue weighted by Crippen LogP contribution is 2.08. The molecule has 1 heterocycles. The van der Waals surface area contributed by atoms with E-state index >= 15 is 0 Å². The lowest BCUT2D eigenvalue weighted by Gasteiger charge is -2.20. The summed E-state index contributed by atoms with van der Waals surface area (Å²) in [5.41, 5.74) is 18.0. The van der Waals surface area contributed by atoms with E-state index in [0.29, 0.717) is 18.9 Å². The molecule has 6 N–H and O–H groups in total. The predicted molar refractivity (Wildman–Crippen MR) is 78.3 cm³/mol. The number of benzene rings is 1. The van der Waals surface area contributed by atoms with Gasteiger partial charge in [0.25, 0.3) is 0 Å². The summed E-state index contributed by atoms with van der Waals surface area (Å²) < 4.78 is 0. The van der Waals surface area contributed by atoms with Gasteiger partial charge < -0.3 is 17.2 Å². The number of nitrogens with zero attached hydrogens (tertiary/aromatic N) is 4. The lowest BCUT2D eigenvalue weighted by atomic mass is 10.2. The zero-order valence-corrected chi connectivity index (χ0v) is 11.2. The first-order valence-electron chi connectivity index (χ1n) is 6.39. The zero-order chi connectivity index (χ0) is 14.4. The summed E-state index contributed by atoms with van der Waals surface area (Å²) >= 11 is 0. The van der Waals surface area contributed by atoms with E-state index in [9.17, 15) is 0 Å². The van der Waals surface area contributed by atoms with Gasteiger partial charge in [-0.05, 0) is 5.56 Å². The van der Waals surface area contributed by atoms with Gasteiger partial charge in [-0.2, -0.15) is 15.0 Å². The lowest BCUT2D eigenvalue weighted by molar-refractivity contribution is 0.257. The van der Waals surface area contributed by atoms with Gasteiger partial charge in [-0.25, -0.2) is 0 Å². The summed E-state index contributed by atoms with van der Waals surface area (Å²) in [5.74, 6) is 0.833. The molecule has 0 aliphatic rings. The van der Waals surface area contributed by atoms with Crippen molar-refractivity contribution in [3.63, 3.8) is 0 Å². The maximum absolute atomic E-state index is 5.65. The average molecular weight is 273 g/mol. The molecular formula is C13H19N7. The standard InChI is InChI=1S/C13H19N7/c14-6-7-20(8-10-4-2-1-3-5-10)9-11-17-12(15)19-13(16)18-11/h1-5H,6-9,14H2,(H4,15,16,17,18,19). The van der Waals surface area contributed by atoms with Crippen LogP contribution in [0.4, 0.5) is 11.9 Å². The molecule has 0 unspecified atom stereocenters. The normalized spacial score (nSPS) is 10.9. The largest absolute Gasteiger partial charge is 0.368 e. The van der Waals surface area contributed by atoms with Crippen LogP contribution < -0.4 is 17.2 Å². The van der Waals surface area contributed by atoms with Crippen molar-refractivity contribution in [1.82, 2.24) is 19.9 Å². The number of nitrogen functional groups attached to an aromatic ring is 2. The van der Waals surface area contributed by atoms with Gasteiger partial charge in [0.2, 0.25) is 11.9 Å². The second kappa shape index (κ2) is 6.78. The van der Waals surface area contributed by atoms with Gasteiger partial charge >= 0.3 is 0 Å². The van der Waals surface area contributed by atoms with E-state index in [1.54, 1.807) is 0 Å². The average Bonchev–Trinajstić information content (AvgIpc) is 2.39.